The maximum Gasteiger partial charge on any atom is 0.264 e. The minimum absolute atomic E-state index is 0.0420. The summed E-state index contributed by atoms with van der Waals surface area (Å²) in [6.45, 7) is 14.6. The molecule has 2 aliphatic rings. The highest BCUT2D eigenvalue weighted by atomic mass is 32.2. The van der Waals surface area contributed by atoms with Gasteiger partial charge in [-0.05, 0) is 60.9 Å². The van der Waals surface area contributed by atoms with Gasteiger partial charge < -0.3 is 14.5 Å². The lowest BCUT2D eigenvalue weighted by Gasteiger charge is -2.34. The van der Waals surface area contributed by atoms with Crippen LogP contribution in [0.15, 0.2) is 65.8 Å². The molecule has 0 aliphatic carbocycles. The molecule has 1 N–H and O–H groups in total. The van der Waals surface area contributed by atoms with Gasteiger partial charge in [-0.1, -0.05) is 52.0 Å². The number of fused-ring (bicyclic) bond motifs is 4. The van der Waals surface area contributed by atoms with Crippen molar-refractivity contribution in [1.29, 1.82) is 0 Å². The highest BCUT2D eigenvalue weighted by Crippen LogP contribution is 2.33. The molecule has 47 heavy (non-hydrogen) atoms. The first-order valence-electron chi connectivity index (χ1n) is 15.9. The van der Waals surface area contributed by atoms with Gasteiger partial charge >= 0.3 is 0 Å². The largest absolute Gasteiger partial charge is 0.475 e. The molecule has 2 aromatic heterocycles. The van der Waals surface area contributed by atoms with Crippen LogP contribution in [0.3, 0.4) is 0 Å². The second kappa shape index (κ2) is 12.6. The van der Waals surface area contributed by atoms with E-state index in [0.717, 1.165) is 41.9 Å². The van der Waals surface area contributed by atoms with Crippen molar-refractivity contribution in [1.82, 2.24) is 24.8 Å². The molecule has 11 nitrogen and oxygen atoms in total. The Bertz CT molecular complexity index is 1890. The molecule has 1 saturated heterocycles. The van der Waals surface area contributed by atoms with Crippen molar-refractivity contribution in [2.24, 2.45) is 11.3 Å². The number of sulfonamides is 1. The number of carbonyl (C=O) groups excluding carboxylic acids is 1. The zero-order chi connectivity index (χ0) is 33.5. The van der Waals surface area contributed by atoms with Gasteiger partial charge in [0.05, 0.1) is 41.3 Å². The standard InChI is InChI=1S/C35H41N7O4S/c1-22(2)29-20-46-31-16-28(32-23(3)9-7-10-24(32)4)38-34(39-31)40-47(44,45)27-12-8-11-25(15-27)33(43)42(29)19-30-36-17-26(18-37-30)41-14-13-35(5,6)21-41/h7-12,15-18,22,29H,13-14,19-21H2,1-6H3,(H,38,39,40)/t29-/m0/s1. The predicted octanol–water partition coefficient (Wildman–Crippen LogP) is 5.65. The van der Waals surface area contributed by atoms with Gasteiger partial charge in [-0.25, -0.2) is 28.1 Å². The van der Waals surface area contributed by atoms with E-state index in [9.17, 15) is 13.2 Å². The summed E-state index contributed by atoms with van der Waals surface area (Å²) in [6, 6.07) is 13.2. The van der Waals surface area contributed by atoms with Gasteiger partial charge in [0.1, 0.15) is 12.4 Å². The van der Waals surface area contributed by atoms with Crippen LogP contribution in [0.2, 0.25) is 0 Å². The van der Waals surface area contributed by atoms with Crippen molar-refractivity contribution < 1.29 is 17.9 Å². The number of rotatable bonds is 5. The van der Waals surface area contributed by atoms with Crippen LogP contribution >= 0.6 is 0 Å². The Balaban J connectivity index is 1.40. The minimum Gasteiger partial charge on any atom is -0.475 e. The highest BCUT2D eigenvalue weighted by molar-refractivity contribution is 7.92. The fourth-order valence-electron chi connectivity index (χ4n) is 6.26. The maximum absolute atomic E-state index is 14.3. The first-order chi connectivity index (χ1) is 22.3. The van der Waals surface area contributed by atoms with Crippen LogP contribution in [0, 0.1) is 25.2 Å². The lowest BCUT2D eigenvalue weighted by atomic mass is 9.93. The van der Waals surface area contributed by atoms with Crippen LogP contribution in [-0.2, 0) is 16.6 Å². The molecule has 1 atom stereocenters. The molecule has 0 unspecified atom stereocenters. The van der Waals surface area contributed by atoms with Crippen LogP contribution in [0.1, 0.15) is 61.4 Å². The van der Waals surface area contributed by atoms with E-state index in [1.807, 2.05) is 58.3 Å². The maximum atomic E-state index is 14.3. The van der Waals surface area contributed by atoms with Gasteiger partial charge in [0.25, 0.3) is 15.9 Å². The first-order valence-corrected chi connectivity index (χ1v) is 17.4. The smallest absolute Gasteiger partial charge is 0.264 e. The lowest BCUT2D eigenvalue weighted by Crippen LogP contribution is -2.46. The quantitative estimate of drug-likeness (QED) is 0.290. The van der Waals surface area contributed by atoms with E-state index in [1.54, 1.807) is 23.1 Å². The van der Waals surface area contributed by atoms with Gasteiger partial charge in [0, 0.05) is 30.3 Å². The normalized spacial score (nSPS) is 19.0. The summed E-state index contributed by atoms with van der Waals surface area (Å²) in [5.41, 5.74) is 4.74. The van der Waals surface area contributed by atoms with E-state index in [1.165, 1.54) is 12.1 Å². The molecule has 1 fully saturated rings. The third-order valence-electron chi connectivity index (χ3n) is 8.94. The Morgan fingerprint density at radius 1 is 1.02 bits per heavy atom. The fourth-order valence-corrected chi connectivity index (χ4v) is 7.25. The zero-order valence-corrected chi connectivity index (χ0v) is 28.5. The molecule has 12 heteroatoms. The van der Waals surface area contributed by atoms with E-state index in [-0.39, 0.29) is 52.7 Å². The molecule has 1 amide bonds. The van der Waals surface area contributed by atoms with Crippen molar-refractivity contribution >= 4 is 27.6 Å². The number of hydrogen-bond donors (Lipinski definition) is 1. The number of benzene rings is 2. The summed E-state index contributed by atoms with van der Waals surface area (Å²) in [5.74, 6) is 0.145. The Morgan fingerprint density at radius 2 is 1.72 bits per heavy atom. The number of amides is 1. The monoisotopic (exact) mass is 655 g/mol. The van der Waals surface area contributed by atoms with Crippen molar-refractivity contribution in [2.75, 3.05) is 29.3 Å². The summed E-state index contributed by atoms with van der Waals surface area (Å²) in [6.07, 6.45) is 4.72. The van der Waals surface area contributed by atoms with Crippen LogP contribution in [0.4, 0.5) is 11.6 Å². The number of carbonyl (C=O) groups is 1. The van der Waals surface area contributed by atoms with Gasteiger partial charge in [-0.2, -0.15) is 4.98 Å². The molecule has 0 radical (unpaired) electrons. The van der Waals surface area contributed by atoms with Crippen molar-refractivity contribution in [3.8, 4) is 17.1 Å². The number of hydrogen-bond acceptors (Lipinski definition) is 9. The molecule has 0 saturated carbocycles. The van der Waals surface area contributed by atoms with Crippen LogP contribution in [0.25, 0.3) is 11.3 Å². The van der Waals surface area contributed by atoms with Gasteiger partial charge in [0.2, 0.25) is 11.8 Å². The average molecular weight is 656 g/mol. The van der Waals surface area contributed by atoms with Crippen LogP contribution in [0.5, 0.6) is 5.88 Å². The number of anilines is 2. The molecule has 2 aliphatic heterocycles. The topological polar surface area (TPSA) is 131 Å². The average Bonchev–Trinajstić information content (AvgIpc) is 3.39. The molecule has 246 valence electrons. The number of aromatic nitrogens is 4. The Labute approximate surface area is 276 Å². The van der Waals surface area contributed by atoms with Gasteiger partial charge in [0.15, 0.2) is 0 Å². The molecule has 4 bridgehead atoms. The third kappa shape index (κ3) is 6.92. The Hall–Kier alpha value is -4.58. The third-order valence-corrected chi connectivity index (χ3v) is 10.3. The minimum atomic E-state index is -4.16. The summed E-state index contributed by atoms with van der Waals surface area (Å²) in [4.78, 5) is 36.5. The predicted molar refractivity (Wildman–Crippen MR) is 181 cm³/mol. The Kier molecular flexibility index (Phi) is 8.64. The van der Waals surface area contributed by atoms with Gasteiger partial charge in [-0.3, -0.25) is 4.79 Å². The number of nitrogens with zero attached hydrogens (tertiary/aromatic N) is 6. The highest BCUT2D eigenvalue weighted by Gasteiger charge is 2.32. The molecule has 6 rings (SSSR count). The van der Waals surface area contributed by atoms with E-state index in [2.05, 4.69) is 43.4 Å². The summed E-state index contributed by atoms with van der Waals surface area (Å²) >= 11 is 0. The SMILES string of the molecule is Cc1cccc(C)c1-c1cc2nc(n1)NS(=O)(=O)c1cccc(c1)C(=O)N(Cc1ncc(N3CCC(C)(C)C3)cn1)[C@H](C(C)C)CO2. The summed E-state index contributed by atoms with van der Waals surface area (Å²) in [5, 5.41) is 0. The molecular weight excluding hydrogens is 614 g/mol. The number of nitrogens with one attached hydrogen (secondary N) is 1. The first kappa shape index (κ1) is 32.4. The summed E-state index contributed by atoms with van der Waals surface area (Å²) < 4.78 is 36.0. The second-order valence-electron chi connectivity index (χ2n) is 13.6. The fraction of sp³-hybridized carbons (Fsp3) is 0.400. The van der Waals surface area contributed by atoms with E-state index in [0.29, 0.717) is 11.5 Å². The van der Waals surface area contributed by atoms with Crippen LogP contribution < -0.4 is 14.4 Å². The van der Waals surface area contributed by atoms with E-state index < -0.39 is 16.1 Å². The van der Waals surface area contributed by atoms with E-state index >= 15 is 0 Å². The lowest BCUT2D eigenvalue weighted by molar-refractivity contribution is 0.0497. The molecule has 4 heterocycles. The zero-order valence-electron chi connectivity index (χ0n) is 27.7. The molecule has 4 aromatic rings. The van der Waals surface area contributed by atoms with Crippen molar-refractivity contribution in [3.63, 3.8) is 0 Å². The number of ether oxygens (including phenoxy) is 1. The summed E-state index contributed by atoms with van der Waals surface area (Å²) in [7, 11) is -4.16. The van der Waals surface area contributed by atoms with Crippen molar-refractivity contribution in [3.05, 3.63) is 83.4 Å². The van der Waals surface area contributed by atoms with Gasteiger partial charge in [-0.15, -0.1) is 0 Å². The Morgan fingerprint density at radius 3 is 2.38 bits per heavy atom. The number of aryl methyl sites for hydroxylation is 2. The second-order valence-corrected chi connectivity index (χ2v) is 15.2. The van der Waals surface area contributed by atoms with E-state index in [4.69, 9.17) is 4.74 Å². The molecule has 0 spiro atoms. The van der Waals surface area contributed by atoms with Crippen LogP contribution in [-0.4, -0.2) is 64.9 Å². The molecule has 2 aromatic carbocycles. The van der Waals surface area contributed by atoms with Crippen molar-refractivity contribution in [2.45, 2.75) is 65.4 Å². The molecular formula is C35H41N7O4S.